The number of hydrogen-bond acceptors (Lipinski definition) is 5. The van der Waals surface area contributed by atoms with Gasteiger partial charge in [0.2, 0.25) is 5.66 Å². The summed E-state index contributed by atoms with van der Waals surface area (Å²) in [5.74, 6) is -0.898. The highest BCUT2D eigenvalue weighted by Gasteiger charge is 2.55. The minimum Gasteiger partial charge on any atom is -1.00 e. The average Bonchev–Trinajstić information content (AvgIpc) is 3.30. The van der Waals surface area contributed by atoms with E-state index in [0.717, 1.165) is 21.5 Å². The van der Waals surface area contributed by atoms with Crippen LogP contribution in [-0.2, 0) is 20.7 Å². The van der Waals surface area contributed by atoms with Gasteiger partial charge in [-0.05, 0) is 81.6 Å². The number of rotatable bonds is 9. The molecule has 8 heteroatoms. The Morgan fingerprint density at radius 1 is 0.881 bits per heavy atom. The Morgan fingerprint density at radius 3 is 1.71 bits per heavy atom. The molecule has 0 fully saturated rings. The molecule has 1 N–H and O–H groups in total. The van der Waals surface area contributed by atoms with Crippen molar-refractivity contribution in [3.8, 4) is 6.07 Å². The zero-order valence-electron chi connectivity index (χ0n) is 24.6. The summed E-state index contributed by atoms with van der Waals surface area (Å²) in [5.41, 5.74) is 0.963. The molecule has 4 rings (SSSR count). The first-order valence-corrected chi connectivity index (χ1v) is 15.5. The van der Waals surface area contributed by atoms with Crippen LogP contribution in [0.5, 0.6) is 0 Å². The van der Waals surface area contributed by atoms with Gasteiger partial charge in [-0.1, -0.05) is 54.6 Å². The van der Waals surface area contributed by atoms with Crippen LogP contribution in [0.3, 0.4) is 0 Å². The third kappa shape index (κ3) is 6.59. The van der Waals surface area contributed by atoms with Gasteiger partial charge in [-0.15, -0.1) is 0 Å². The van der Waals surface area contributed by atoms with Crippen LogP contribution in [-0.4, -0.2) is 29.6 Å². The third-order valence-electron chi connectivity index (χ3n) is 7.10. The molecule has 1 aromatic heterocycles. The first-order chi connectivity index (χ1) is 19.6. The lowest BCUT2D eigenvalue weighted by atomic mass is 10.0. The molecule has 0 aliphatic rings. The number of nitrogens with one attached hydrogen (secondary N) is 1. The second kappa shape index (κ2) is 13.8. The lowest BCUT2D eigenvalue weighted by Gasteiger charge is -2.31. The van der Waals surface area contributed by atoms with Crippen molar-refractivity contribution >= 4 is 35.1 Å². The summed E-state index contributed by atoms with van der Waals surface area (Å²) in [5, 5.41) is 14.2. The van der Waals surface area contributed by atoms with E-state index in [1.54, 1.807) is 0 Å². The molecule has 218 valence electrons. The number of nitriles is 1. The van der Waals surface area contributed by atoms with Crippen molar-refractivity contribution in [2.24, 2.45) is 0 Å². The Bertz CT molecular complexity index is 1440. The van der Waals surface area contributed by atoms with E-state index in [1.165, 1.54) is 7.11 Å². The van der Waals surface area contributed by atoms with Crippen molar-refractivity contribution in [1.82, 2.24) is 4.98 Å². The van der Waals surface area contributed by atoms with E-state index in [-0.39, 0.29) is 36.9 Å². The van der Waals surface area contributed by atoms with Crippen molar-refractivity contribution in [3.63, 3.8) is 0 Å². The molecule has 6 nitrogen and oxygen atoms in total. The Kier molecular flexibility index (Phi) is 10.7. The Labute approximate surface area is 254 Å². The van der Waals surface area contributed by atoms with Crippen LogP contribution < -0.4 is 28.3 Å². The second-order valence-corrected chi connectivity index (χ2v) is 14.4. The highest BCUT2D eigenvalue weighted by Crippen LogP contribution is 2.66. The van der Waals surface area contributed by atoms with E-state index < -0.39 is 24.5 Å². The molecule has 1 atom stereocenters. The van der Waals surface area contributed by atoms with Gasteiger partial charge in [0.25, 0.3) is 0 Å². The highest BCUT2D eigenvalue weighted by molar-refractivity contribution is 7.96. The molecule has 0 amide bonds. The van der Waals surface area contributed by atoms with Gasteiger partial charge in [-0.3, -0.25) is 4.79 Å². The zero-order chi connectivity index (χ0) is 29.6. The van der Waals surface area contributed by atoms with Crippen LogP contribution in [0.25, 0.3) is 0 Å². The predicted molar refractivity (Wildman–Crippen MR) is 165 cm³/mol. The molecule has 1 heterocycles. The highest BCUT2D eigenvalue weighted by atomic mass is 35.5. The van der Waals surface area contributed by atoms with Crippen molar-refractivity contribution in [1.29, 1.82) is 5.26 Å². The predicted octanol–water partition coefficient (Wildman–Crippen LogP) is 2.95. The maximum atomic E-state index is 13.5. The lowest BCUT2D eigenvalue weighted by Crippen LogP contribution is -3.00. The molecular weight excluding hydrogens is 567 g/mol. The number of hydrogen-bond donors (Lipinski definition) is 1. The second-order valence-electron chi connectivity index (χ2n) is 10.9. The van der Waals surface area contributed by atoms with Crippen molar-refractivity contribution in [2.45, 2.75) is 51.8 Å². The van der Waals surface area contributed by atoms with Gasteiger partial charge < -0.3 is 26.9 Å². The van der Waals surface area contributed by atoms with Gasteiger partial charge in [-0.2, -0.15) is 5.26 Å². The van der Waals surface area contributed by atoms with Gasteiger partial charge in [0.05, 0.1) is 12.8 Å². The molecule has 0 spiro atoms. The average molecular weight is 603 g/mol. The maximum absolute atomic E-state index is 13.5. The fourth-order valence-electron chi connectivity index (χ4n) is 5.30. The molecule has 4 aromatic rings. The van der Waals surface area contributed by atoms with Crippen LogP contribution in [0.4, 0.5) is 0 Å². The number of benzene rings is 3. The molecule has 0 bridgehead atoms. The summed E-state index contributed by atoms with van der Waals surface area (Å²) in [6.45, 7) is 7.34. The van der Waals surface area contributed by atoms with E-state index in [1.807, 2.05) is 82.3 Å². The van der Waals surface area contributed by atoms with E-state index >= 15 is 0 Å². The topological polar surface area (TPSA) is 92.2 Å². The molecule has 0 saturated heterocycles. The number of halogens is 1. The van der Waals surface area contributed by atoms with Crippen LogP contribution >= 0.6 is 7.26 Å². The molecule has 42 heavy (non-hydrogen) atoms. The van der Waals surface area contributed by atoms with E-state index in [2.05, 4.69) is 47.5 Å². The molecule has 3 aromatic carbocycles. The molecule has 0 aliphatic carbocycles. The van der Waals surface area contributed by atoms with Crippen LogP contribution in [0.1, 0.15) is 60.2 Å². The van der Waals surface area contributed by atoms with Gasteiger partial charge in [0.1, 0.15) is 40.5 Å². The number of aromatic nitrogens is 1. The van der Waals surface area contributed by atoms with Crippen molar-refractivity contribution < 1.29 is 31.5 Å². The normalized spacial score (nSPS) is 12.0. The standard InChI is InChI=1S/C34H35N2O4P.ClH/c1-24-28(21-22-30(37)39-5)32(33(38)40-34(2,3)4)36-31(24)29(23-35)41(25-15-9-6-10-16-25,26-17-11-7-12-18-26)27-19-13-8-14-20-27;/h6-20,29H,21-22H2,1-5H3;1H. The summed E-state index contributed by atoms with van der Waals surface area (Å²) >= 11 is 0. The fourth-order valence-corrected chi connectivity index (χ4v) is 9.84. The molecule has 0 radical (unpaired) electrons. The minimum atomic E-state index is -2.67. The fraction of sp³-hybridized carbons (Fsp3) is 0.265. The van der Waals surface area contributed by atoms with E-state index in [4.69, 9.17) is 9.47 Å². The Hall–Kier alpha value is -3.91. The van der Waals surface area contributed by atoms with Crippen molar-refractivity contribution in [2.75, 3.05) is 7.11 Å². The molecular formula is C34H36ClN2O4P. The lowest BCUT2D eigenvalue weighted by molar-refractivity contribution is -0.140. The quantitative estimate of drug-likeness (QED) is 0.235. The number of esters is 2. The number of ether oxygens (including phenoxy) is 2. The van der Waals surface area contributed by atoms with Crippen LogP contribution in [0, 0.1) is 18.3 Å². The monoisotopic (exact) mass is 602 g/mol. The number of methoxy groups -OCH3 is 1. The van der Waals surface area contributed by atoms with Gasteiger partial charge in [0, 0.05) is 6.42 Å². The number of H-pyrrole nitrogens is 1. The van der Waals surface area contributed by atoms with Gasteiger partial charge in [0.15, 0.2) is 0 Å². The van der Waals surface area contributed by atoms with Gasteiger partial charge in [-0.25, -0.2) is 4.79 Å². The summed E-state index contributed by atoms with van der Waals surface area (Å²) in [4.78, 5) is 29.0. The third-order valence-corrected chi connectivity index (χ3v) is 11.6. The summed E-state index contributed by atoms with van der Waals surface area (Å²) in [7, 11) is -1.33. The Balaban J connectivity index is 0.00000484. The summed E-state index contributed by atoms with van der Waals surface area (Å²) < 4.78 is 10.6. The molecule has 1 unspecified atom stereocenters. The zero-order valence-corrected chi connectivity index (χ0v) is 26.2. The maximum Gasteiger partial charge on any atom is 0.355 e. The summed E-state index contributed by atoms with van der Waals surface area (Å²) in [6, 6.07) is 33.1. The minimum absolute atomic E-state index is 0. The van der Waals surface area contributed by atoms with Crippen LogP contribution in [0.2, 0.25) is 0 Å². The SMILES string of the molecule is COC(=O)CCc1c(C(=O)OC(C)(C)C)[nH]c(C(C#N)[P+](c2ccccc2)(c2ccccc2)c2ccccc2)c1C.[Cl-]. The summed E-state index contributed by atoms with van der Waals surface area (Å²) in [6.07, 6.45) is 0.368. The number of carbonyl (C=O) groups excluding carboxylic acids is 2. The largest absolute Gasteiger partial charge is 1.00 e. The van der Waals surface area contributed by atoms with E-state index in [9.17, 15) is 14.9 Å². The van der Waals surface area contributed by atoms with E-state index in [0.29, 0.717) is 11.3 Å². The molecule has 0 aliphatic heterocycles. The first-order valence-electron chi connectivity index (χ1n) is 13.6. The Morgan fingerprint density at radius 2 is 1.33 bits per heavy atom. The molecule has 0 saturated carbocycles. The first kappa shape index (κ1) is 32.6. The van der Waals surface area contributed by atoms with Crippen LogP contribution in [0.15, 0.2) is 91.0 Å². The number of carbonyl (C=O) groups is 2. The number of aromatic amines is 1. The van der Waals surface area contributed by atoms with Gasteiger partial charge >= 0.3 is 11.9 Å². The number of nitrogens with zero attached hydrogens (tertiary/aromatic N) is 1. The smallest absolute Gasteiger partial charge is 0.355 e. The van der Waals surface area contributed by atoms with Crippen molar-refractivity contribution in [3.05, 3.63) is 114 Å².